The third-order valence-corrected chi connectivity index (χ3v) is 4.93. The van der Waals surface area contributed by atoms with Crippen molar-refractivity contribution in [2.24, 2.45) is 0 Å². The van der Waals surface area contributed by atoms with Gasteiger partial charge in [0.15, 0.2) is 0 Å². The van der Waals surface area contributed by atoms with E-state index in [9.17, 15) is 4.79 Å². The molecule has 0 spiro atoms. The zero-order valence-corrected chi connectivity index (χ0v) is 16.4. The molecule has 2 aromatic rings. The van der Waals surface area contributed by atoms with E-state index in [2.05, 4.69) is 46.3 Å². The summed E-state index contributed by atoms with van der Waals surface area (Å²) in [7, 11) is 2.09. The quantitative estimate of drug-likeness (QED) is 0.841. The van der Waals surface area contributed by atoms with Crippen molar-refractivity contribution in [2.45, 2.75) is 33.1 Å². The summed E-state index contributed by atoms with van der Waals surface area (Å²) in [5.74, 6) is 0.699. The van der Waals surface area contributed by atoms with Crippen molar-refractivity contribution in [3.8, 4) is 0 Å². The fraction of sp³-hybridized carbons (Fsp3) is 0.500. The van der Waals surface area contributed by atoms with Crippen LogP contribution in [0.2, 0.25) is 0 Å². The Bertz CT molecular complexity index is 769. The highest BCUT2D eigenvalue weighted by Gasteiger charge is 2.19. The average molecular weight is 368 g/mol. The molecule has 2 heterocycles. The molecule has 1 amide bonds. The monoisotopic (exact) mass is 368 g/mol. The van der Waals surface area contributed by atoms with Crippen molar-refractivity contribution in [1.29, 1.82) is 0 Å². The largest absolute Gasteiger partial charge is 0.340 e. The lowest BCUT2D eigenvalue weighted by Crippen LogP contribution is -2.47. The van der Waals surface area contributed by atoms with E-state index >= 15 is 0 Å². The summed E-state index contributed by atoms with van der Waals surface area (Å²) >= 11 is 0. The normalized spacial score (nSPS) is 15.0. The minimum atomic E-state index is 0.194. The second kappa shape index (κ2) is 8.90. The number of nitrogens with zero attached hydrogens (tertiary/aromatic N) is 5. The summed E-state index contributed by atoms with van der Waals surface area (Å²) in [5.41, 5.74) is 3.82. The first-order valence-corrected chi connectivity index (χ1v) is 9.63. The van der Waals surface area contributed by atoms with Crippen LogP contribution in [0.25, 0.3) is 0 Å². The van der Waals surface area contributed by atoms with Gasteiger partial charge >= 0.3 is 0 Å². The van der Waals surface area contributed by atoms with Gasteiger partial charge in [-0.2, -0.15) is 0 Å². The van der Waals surface area contributed by atoms with Crippen LogP contribution in [0.4, 0.5) is 11.6 Å². The molecule has 0 radical (unpaired) electrons. The van der Waals surface area contributed by atoms with E-state index in [0.717, 1.165) is 61.7 Å². The summed E-state index contributed by atoms with van der Waals surface area (Å²) in [4.78, 5) is 21.2. The maximum absolute atomic E-state index is 12.4. The van der Waals surface area contributed by atoms with Gasteiger partial charge in [0.25, 0.3) is 0 Å². The summed E-state index contributed by atoms with van der Waals surface area (Å²) in [6.45, 7) is 7.64. The van der Waals surface area contributed by atoms with E-state index in [-0.39, 0.29) is 5.91 Å². The van der Waals surface area contributed by atoms with Crippen LogP contribution >= 0.6 is 0 Å². The van der Waals surface area contributed by atoms with Crippen molar-refractivity contribution in [1.82, 2.24) is 25.0 Å². The number of rotatable bonds is 6. The van der Waals surface area contributed by atoms with Crippen LogP contribution in [-0.2, 0) is 24.1 Å². The zero-order valence-electron chi connectivity index (χ0n) is 16.4. The number of amides is 1. The maximum Gasteiger partial charge on any atom is 0.247 e. The first-order chi connectivity index (χ1) is 13.1. The Balaban J connectivity index is 1.59. The van der Waals surface area contributed by atoms with Crippen LogP contribution in [0.1, 0.15) is 30.8 Å². The van der Waals surface area contributed by atoms with Crippen molar-refractivity contribution < 1.29 is 4.79 Å². The predicted octanol–water partition coefficient (Wildman–Crippen LogP) is 2.06. The van der Waals surface area contributed by atoms with Gasteiger partial charge in [0.2, 0.25) is 11.9 Å². The molecule has 1 aliphatic heterocycles. The third-order valence-electron chi connectivity index (χ3n) is 4.93. The number of nitrogens with one attached hydrogen (secondary N) is 1. The van der Waals surface area contributed by atoms with Crippen LogP contribution in [0, 0.1) is 0 Å². The second-order valence-corrected chi connectivity index (χ2v) is 6.92. The van der Waals surface area contributed by atoms with Crippen molar-refractivity contribution in [3.05, 3.63) is 41.2 Å². The number of anilines is 2. The number of carbonyl (C=O) groups is 1. The van der Waals surface area contributed by atoms with E-state index in [1.54, 1.807) is 0 Å². The molecular weight excluding hydrogens is 340 g/mol. The highest BCUT2D eigenvalue weighted by molar-refractivity contribution is 5.79. The number of aryl methyl sites for hydroxylation is 2. The Morgan fingerprint density at radius 3 is 2.30 bits per heavy atom. The van der Waals surface area contributed by atoms with Gasteiger partial charge in [0.05, 0.1) is 17.8 Å². The second-order valence-electron chi connectivity index (χ2n) is 6.92. The van der Waals surface area contributed by atoms with Gasteiger partial charge in [-0.05, 0) is 37.6 Å². The Hall–Kier alpha value is -2.54. The average Bonchev–Trinajstić information content (AvgIpc) is 2.69. The molecule has 3 rings (SSSR count). The van der Waals surface area contributed by atoms with Gasteiger partial charge < -0.3 is 15.1 Å². The molecule has 0 atom stereocenters. The standard InChI is InChI=1S/C20H28N6O/c1-4-17-18(5-2)23-24-20(22-17)21-16-8-6-15(7-9-16)14-19(27)26-12-10-25(3)11-13-26/h6-9H,4-5,10-14H2,1-3H3,(H,21,22,24). The van der Waals surface area contributed by atoms with E-state index in [0.29, 0.717) is 12.4 Å². The number of benzene rings is 1. The summed E-state index contributed by atoms with van der Waals surface area (Å²) < 4.78 is 0. The van der Waals surface area contributed by atoms with Gasteiger partial charge in [-0.1, -0.05) is 26.0 Å². The first kappa shape index (κ1) is 19.2. The molecule has 1 fully saturated rings. The van der Waals surface area contributed by atoms with Crippen molar-refractivity contribution in [3.63, 3.8) is 0 Å². The number of carbonyl (C=O) groups excluding carboxylic acids is 1. The van der Waals surface area contributed by atoms with E-state index in [1.165, 1.54) is 0 Å². The van der Waals surface area contributed by atoms with Gasteiger partial charge in [-0.15, -0.1) is 10.2 Å². The van der Waals surface area contributed by atoms with Gasteiger partial charge in [-0.3, -0.25) is 4.79 Å². The summed E-state index contributed by atoms with van der Waals surface area (Å²) in [5, 5.41) is 11.6. The smallest absolute Gasteiger partial charge is 0.247 e. The van der Waals surface area contributed by atoms with Gasteiger partial charge in [0, 0.05) is 31.9 Å². The summed E-state index contributed by atoms with van der Waals surface area (Å²) in [6, 6.07) is 7.86. The van der Waals surface area contributed by atoms with Crippen LogP contribution in [-0.4, -0.2) is 64.1 Å². The number of hydrogen-bond donors (Lipinski definition) is 1. The highest BCUT2D eigenvalue weighted by Crippen LogP contribution is 2.16. The minimum absolute atomic E-state index is 0.194. The molecule has 7 nitrogen and oxygen atoms in total. The Morgan fingerprint density at radius 1 is 1.00 bits per heavy atom. The molecule has 144 valence electrons. The van der Waals surface area contributed by atoms with E-state index in [4.69, 9.17) is 0 Å². The Kier molecular flexibility index (Phi) is 6.34. The lowest BCUT2D eigenvalue weighted by atomic mass is 10.1. The predicted molar refractivity (Wildman–Crippen MR) is 106 cm³/mol. The number of piperazine rings is 1. The number of aromatic nitrogens is 3. The van der Waals surface area contributed by atoms with Crippen LogP contribution in [0.15, 0.2) is 24.3 Å². The highest BCUT2D eigenvalue weighted by atomic mass is 16.2. The molecule has 0 aliphatic carbocycles. The van der Waals surface area contributed by atoms with Crippen molar-refractivity contribution in [2.75, 3.05) is 38.5 Å². The fourth-order valence-electron chi connectivity index (χ4n) is 3.17. The van der Waals surface area contributed by atoms with Crippen LogP contribution < -0.4 is 5.32 Å². The Labute approximate surface area is 160 Å². The van der Waals surface area contributed by atoms with E-state index in [1.807, 2.05) is 29.2 Å². The first-order valence-electron chi connectivity index (χ1n) is 9.63. The van der Waals surface area contributed by atoms with Crippen molar-refractivity contribution >= 4 is 17.5 Å². The third kappa shape index (κ3) is 5.01. The lowest BCUT2D eigenvalue weighted by molar-refractivity contribution is -0.132. The summed E-state index contributed by atoms with van der Waals surface area (Å²) in [6.07, 6.45) is 2.10. The number of likely N-dealkylation sites (N-methyl/N-ethyl adjacent to an activating group) is 1. The van der Waals surface area contributed by atoms with Gasteiger partial charge in [-0.25, -0.2) is 4.98 Å². The molecule has 1 saturated heterocycles. The molecule has 0 unspecified atom stereocenters. The lowest BCUT2D eigenvalue weighted by Gasteiger charge is -2.32. The molecule has 1 aromatic heterocycles. The van der Waals surface area contributed by atoms with E-state index < -0.39 is 0 Å². The number of hydrogen-bond acceptors (Lipinski definition) is 6. The Morgan fingerprint density at radius 2 is 1.67 bits per heavy atom. The SMILES string of the molecule is CCc1nnc(Nc2ccc(CC(=O)N3CCN(C)CC3)cc2)nc1CC. The maximum atomic E-state index is 12.4. The molecule has 0 bridgehead atoms. The molecule has 1 aromatic carbocycles. The molecule has 7 heteroatoms. The molecular formula is C20H28N6O. The topological polar surface area (TPSA) is 74.2 Å². The minimum Gasteiger partial charge on any atom is -0.340 e. The zero-order chi connectivity index (χ0) is 19.2. The van der Waals surface area contributed by atoms with Gasteiger partial charge in [0.1, 0.15) is 0 Å². The molecule has 0 saturated carbocycles. The molecule has 1 N–H and O–H groups in total. The molecule has 27 heavy (non-hydrogen) atoms. The fourth-order valence-corrected chi connectivity index (χ4v) is 3.17. The van der Waals surface area contributed by atoms with Crippen LogP contribution in [0.5, 0.6) is 0 Å². The molecule has 1 aliphatic rings. The van der Waals surface area contributed by atoms with Crippen LogP contribution in [0.3, 0.4) is 0 Å².